The zero-order valence-electron chi connectivity index (χ0n) is 16.0. The lowest BCUT2D eigenvalue weighted by atomic mass is 9.84. The molecule has 5 nitrogen and oxygen atoms in total. The van der Waals surface area contributed by atoms with Gasteiger partial charge in [-0.3, -0.25) is 4.79 Å². The molecule has 2 saturated heterocycles. The Morgan fingerprint density at radius 1 is 1.21 bits per heavy atom. The summed E-state index contributed by atoms with van der Waals surface area (Å²) < 4.78 is 0. The van der Waals surface area contributed by atoms with Crippen molar-refractivity contribution in [1.82, 2.24) is 20.4 Å². The van der Waals surface area contributed by atoms with E-state index in [9.17, 15) is 4.79 Å². The van der Waals surface area contributed by atoms with E-state index in [0.29, 0.717) is 18.3 Å². The van der Waals surface area contributed by atoms with Gasteiger partial charge in [-0.15, -0.1) is 0 Å². The molecular weight excluding hydrogens is 300 g/mol. The molecule has 140 valence electrons. The number of carbonyl (C=O) groups excluding carboxylic acids is 1. The van der Waals surface area contributed by atoms with Gasteiger partial charge in [-0.25, -0.2) is 0 Å². The molecule has 0 aliphatic carbocycles. The molecule has 2 fully saturated rings. The predicted octanol–water partition coefficient (Wildman–Crippen LogP) is 1.40. The molecule has 0 aromatic carbocycles. The molecule has 2 rings (SSSR count). The zero-order chi connectivity index (χ0) is 17.4. The molecule has 1 atom stereocenters. The van der Waals surface area contributed by atoms with Crippen molar-refractivity contribution >= 4 is 5.91 Å². The summed E-state index contributed by atoms with van der Waals surface area (Å²) >= 11 is 0. The van der Waals surface area contributed by atoms with Crippen molar-refractivity contribution in [3.05, 3.63) is 0 Å². The summed E-state index contributed by atoms with van der Waals surface area (Å²) in [5.74, 6) is 2.16. The van der Waals surface area contributed by atoms with E-state index in [4.69, 9.17) is 0 Å². The first-order valence-corrected chi connectivity index (χ1v) is 9.89. The topological polar surface area (TPSA) is 47.6 Å². The second-order valence-electron chi connectivity index (χ2n) is 8.16. The molecule has 1 amide bonds. The second-order valence-corrected chi connectivity index (χ2v) is 8.16. The van der Waals surface area contributed by atoms with Crippen molar-refractivity contribution in [3.8, 4) is 0 Å². The van der Waals surface area contributed by atoms with Gasteiger partial charge in [0.15, 0.2) is 0 Å². The Hall–Kier alpha value is -0.650. The van der Waals surface area contributed by atoms with E-state index in [-0.39, 0.29) is 5.91 Å². The van der Waals surface area contributed by atoms with Gasteiger partial charge >= 0.3 is 0 Å². The molecule has 24 heavy (non-hydrogen) atoms. The lowest BCUT2D eigenvalue weighted by molar-refractivity contribution is -0.122. The summed E-state index contributed by atoms with van der Waals surface area (Å²) in [4.78, 5) is 17.0. The Labute approximate surface area is 148 Å². The van der Waals surface area contributed by atoms with Crippen LogP contribution < -0.4 is 10.6 Å². The first-order chi connectivity index (χ1) is 11.5. The molecule has 2 aliphatic heterocycles. The van der Waals surface area contributed by atoms with Crippen molar-refractivity contribution < 1.29 is 4.79 Å². The van der Waals surface area contributed by atoms with Gasteiger partial charge in [0.1, 0.15) is 0 Å². The minimum Gasteiger partial charge on any atom is -0.356 e. The van der Waals surface area contributed by atoms with Crippen LogP contribution in [0.5, 0.6) is 0 Å². The number of rotatable bonds is 8. The predicted molar refractivity (Wildman–Crippen MR) is 100 cm³/mol. The van der Waals surface area contributed by atoms with Crippen LogP contribution >= 0.6 is 0 Å². The molecular formula is C19H38N4O. The van der Waals surface area contributed by atoms with E-state index < -0.39 is 0 Å². The molecule has 0 aromatic rings. The Morgan fingerprint density at radius 3 is 2.50 bits per heavy atom. The van der Waals surface area contributed by atoms with E-state index >= 15 is 0 Å². The molecule has 1 unspecified atom stereocenters. The molecule has 2 N–H and O–H groups in total. The minimum atomic E-state index is 0.260. The zero-order valence-corrected chi connectivity index (χ0v) is 16.0. The number of carbonyl (C=O) groups is 1. The summed E-state index contributed by atoms with van der Waals surface area (Å²) in [5, 5.41) is 6.61. The van der Waals surface area contributed by atoms with Crippen LogP contribution in [0.25, 0.3) is 0 Å². The monoisotopic (exact) mass is 338 g/mol. The number of amides is 1. The molecule has 2 heterocycles. The van der Waals surface area contributed by atoms with Gasteiger partial charge in [0.05, 0.1) is 0 Å². The third-order valence-electron chi connectivity index (χ3n) is 5.85. The summed E-state index contributed by atoms with van der Waals surface area (Å²) in [5.41, 5.74) is 0. The highest BCUT2D eigenvalue weighted by Crippen LogP contribution is 2.24. The first-order valence-electron chi connectivity index (χ1n) is 9.89. The number of likely N-dealkylation sites (tertiary alicyclic amines) is 1. The van der Waals surface area contributed by atoms with Crippen molar-refractivity contribution in [2.75, 3.05) is 59.9 Å². The van der Waals surface area contributed by atoms with E-state index in [1.54, 1.807) is 0 Å². The van der Waals surface area contributed by atoms with Gasteiger partial charge in [0.25, 0.3) is 0 Å². The molecule has 0 bridgehead atoms. The van der Waals surface area contributed by atoms with Crippen LogP contribution in [-0.2, 0) is 4.79 Å². The maximum absolute atomic E-state index is 12.2. The van der Waals surface area contributed by atoms with Gasteiger partial charge in [0.2, 0.25) is 5.91 Å². The van der Waals surface area contributed by atoms with Crippen LogP contribution in [0.3, 0.4) is 0 Å². The van der Waals surface area contributed by atoms with Crippen molar-refractivity contribution in [2.24, 2.45) is 17.8 Å². The lowest BCUT2D eigenvalue weighted by Gasteiger charge is -2.33. The molecule has 0 saturated carbocycles. The Morgan fingerprint density at radius 2 is 1.88 bits per heavy atom. The maximum Gasteiger partial charge on any atom is 0.220 e. The van der Waals surface area contributed by atoms with Gasteiger partial charge in [0, 0.05) is 26.1 Å². The van der Waals surface area contributed by atoms with Crippen molar-refractivity contribution in [3.63, 3.8) is 0 Å². The quantitative estimate of drug-likeness (QED) is 0.702. The molecule has 2 aliphatic rings. The van der Waals surface area contributed by atoms with E-state index in [0.717, 1.165) is 32.1 Å². The normalized spacial score (nSPS) is 22.7. The summed E-state index contributed by atoms with van der Waals surface area (Å²) in [6.45, 7) is 10.0. The van der Waals surface area contributed by atoms with Gasteiger partial charge in [-0.2, -0.15) is 0 Å². The molecule has 0 aromatic heterocycles. The Kier molecular flexibility index (Phi) is 8.50. The highest BCUT2D eigenvalue weighted by atomic mass is 16.1. The third-order valence-corrected chi connectivity index (χ3v) is 5.85. The van der Waals surface area contributed by atoms with E-state index in [1.807, 2.05) is 0 Å². The average molecular weight is 339 g/mol. The summed E-state index contributed by atoms with van der Waals surface area (Å²) in [6, 6.07) is 0. The molecule has 5 heteroatoms. The smallest absolute Gasteiger partial charge is 0.220 e. The standard InChI is InChI=1S/C19H38N4O/c1-16(18-4-8-20-9-5-18)14-19(24)21-15-17-6-10-23(11-7-17)13-12-22(2)3/h16-18,20H,4-15H2,1-3H3,(H,21,24). The van der Waals surface area contributed by atoms with Gasteiger partial charge < -0.3 is 20.4 Å². The van der Waals surface area contributed by atoms with Crippen LogP contribution in [0.4, 0.5) is 0 Å². The fourth-order valence-electron chi connectivity index (χ4n) is 3.96. The van der Waals surface area contributed by atoms with Gasteiger partial charge in [-0.1, -0.05) is 6.92 Å². The van der Waals surface area contributed by atoms with Crippen LogP contribution in [0.1, 0.15) is 39.0 Å². The Bertz CT molecular complexity index is 360. The largest absolute Gasteiger partial charge is 0.356 e. The van der Waals surface area contributed by atoms with Crippen molar-refractivity contribution in [1.29, 1.82) is 0 Å². The summed E-state index contributed by atoms with van der Waals surface area (Å²) in [7, 11) is 4.26. The number of likely N-dealkylation sites (N-methyl/N-ethyl adjacent to an activating group) is 1. The number of hydrogen-bond donors (Lipinski definition) is 2. The lowest BCUT2D eigenvalue weighted by Crippen LogP contribution is -2.41. The number of piperidine rings is 2. The Balaban J connectivity index is 1.57. The maximum atomic E-state index is 12.2. The van der Waals surface area contributed by atoms with Crippen LogP contribution in [0.15, 0.2) is 0 Å². The highest BCUT2D eigenvalue weighted by molar-refractivity contribution is 5.76. The van der Waals surface area contributed by atoms with Gasteiger partial charge in [-0.05, 0) is 83.7 Å². The molecule has 0 radical (unpaired) electrons. The van der Waals surface area contributed by atoms with E-state index in [2.05, 4.69) is 41.5 Å². The summed E-state index contributed by atoms with van der Waals surface area (Å²) in [6.07, 6.45) is 5.58. The first kappa shape index (κ1) is 19.7. The molecule has 0 spiro atoms. The third kappa shape index (κ3) is 7.08. The fraction of sp³-hybridized carbons (Fsp3) is 0.947. The second kappa shape index (κ2) is 10.4. The van der Waals surface area contributed by atoms with Crippen LogP contribution in [0, 0.1) is 17.8 Å². The van der Waals surface area contributed by atoms with Crippen molar-refractivity contribution in [2.45, 2.75) is 39.0 Å². The number of hydrogen-bond acceptors (Lipinski definition) is 4. The van der Waals surface area contributed by atoms with Crippen LogP contribution in [-0.4, -0.2) is 75.6 Å². The number of nitrogens with one attached hydrogen (secondary N) is 2. The minimum absolute atomic E-state index is 0.260. The number of nitrogens with zero attached hydrogens (tertiary/aromatic N) is 2. The van der Waals surface area contributed by atoms with E-state index in [1.165, 1.54) is 45.3 Å². The SMILES string of the molecule is CC(CC(=O)NCC1CCN(CCN(C)C)CC1)C1CCNCC1. The fourth-order valence-corrected chi connectivity index (χ4v) is 3.96. The highest BCUT2D eigenvalue weighted by Gasteiger charge is 2.23. The van der Waals surface area contributed by atoms with Crippen LogP contribution in [0.2, 0.25) is 0 Å². The average Bonchev–Trinajstić information content (AvgIpc) is 2.59.